The van der Waals surface area contributed by atoms with Crippen LogP contribution in [0.4, 0.5) is 9.93 Å². The van der Waals surface area contributed by atoms with Crippen LogP contribution < -0.4 is 5.32 Å². The number of anilines is 1. The molecule has 2 heterocycles. The Balaban J connectivity index is 1.78. The molecule has 106 valence electrons. The lowest BCUT2D eigenvalue weighted by Gasteiger charge is -2.33. The Morgan fingerprint density at radius 2 is 2.11 bits per heavy atom. The second kappa shape index (κ2) is 6.67. The van der Waals surface area contributed by atoms with Crippen LogP contribution in [0.5, 0.6) is 0 Å². The van der Waals surface area contributed by atoms with Gasteiger partial charge in [0.2, 0.25) is 5.13 Å². The summed E-state index contributed by atoms with van der Waals surface area (Å²) in [7, 11) is 1.84. The van der Waals surface area contributed by atoms with Crippen molar-refractivity contribution in [3.8, 4) is 0 Å². The summed E-state index contributed by atoms with van der Waals surface area (Å²) in [5.41, 5.74) is 0. The second-order valence-electron chi connectivity index (χ2n) is 4.21. The van der Waals surface area contributed by atoms with Crippen LogP contribution in [0.2, 0.25) is 0 Å². The number of rotatable bonds is 4. The number of hydrogen-bond donors (Lipinski definition) is 1. The standard InChI is InChI=1S/C11H19N5O2S/c1-3-18-11(17)16-6-4-15(5-7-16)8-9-13-14-10(12-2)19-9/h3-8H2,1-2H3,(H,12,14). The lowest BCUT2D eigenvalue weighted by molar-refractivity contribution is 0.0778. The van der Waals surface area contributed by atoms with Gasteiger partial charge in [-0.25, -0.2) is 4.79 Å². The van der Waals surface area contributed by atoms with Gasteiger partial charge >= 0.3 is 6.09 Å². The van der Waals surface area contributed by atoms with Gasteiger partial charge in [0.05, 0.1) is 13.2 Å². The minimum Gasteiger partial charge on any atom is -0.450 e. The van der Waals surface area contributed by atoms with Crippen LogP contribution in [0.1, 0.15) is 11.9 Å². The molecule has 19 heavy (non-hydrogen) atoms. The van der Waals surface area contributed by atoms with Gasteiger partial charge in [0.1, 0.15) is 5.01 Å². The minimum absolute atomic E-state index is 0.212. The zero-order valence-corrected chi connectivity index (χ0v) is 12.1. The summed E-state index contributed by atoms with van der Waals surface area (Å²) in [5.74, 6) is 0. The van der Waals surface area contributed by atoms with Crippen molar-refractivity contribution in [3.05, 3.63) is 5.01 Å². The van der Waals surface area contributed by atoms with E-state index in [9.17, 15) is 4.79 Å². The van der Waals surface area contributed by atoms with E-state index in [2.05, 4.69) is 20.4 Å². The molecule has 8 heteroatoms. The van der Waals surface area contributed by atoms with Crippen LogP contribution in [0.15, 0.2) is 0 Å². The Hall–Kier alpha value is -1.41. The fourth-order valence-electron chi connectivity index (χ4n) is 1.91. The third-order valence-corrected chi connectivity index (χ3v) is 3.86. The molecule has 0 atom stereocenters. The maximum atomic E-state index is 11.6. The van der Waals surface area contributed by atoms with Gasteiger partial charge in [-0.15, -0.1) is 10.2 Å². The molecular weight excluding hydrogens is 266 g/mol. The number of aromatic nitrogens is 2. The molecule has 0 bridgehead atoms. The molecule has 1 aromatic rings. The number of carbonyl (C=O) groups is 1. The van der Waals surface area contributed by atoms with E-state index in [0.717, 1.165) is 29.8 Å². The molecule has 1 N–H and O–H groups in total. The average Bonchev–Trinajstić information content (AvgIpc) is 2.87. The smallest absolute Gasteiger partial charge is 0.409 e. The maximum Gasteiger partial charge on any atom is 0.409 e. The highest BCUT2D eigenvalue weighted by molar-refractivity contribution is 7.15. The fourth-order valence-corrected chi connectivity index (χ4v) is 2.65. The third-order valence-electron chi connectivity index (χ3n) is 2.94. The largest absolute Gasteiger partial charge is 0.450 e. The summed E-state index contributed by atoms with van der Waals surface area (Å²) in [5, 5.41) is 12.9. The highest BCUT2D eigenvalue weighted by Crippen LogP contribution is 2.17. The molecule has 0 unspecified atom stereocenters. The molecule has 1 fully saturated rings. The average molecular weight is 285 g/mol. The molecule has 0 spiro atoms. The molecule has 7 nitrogen and oxygen atoms in total. The molecule has 0 saturated carbocycles. The van der Waals surface area contributed by atoms with Gasteiger partial charge in [0.15, 0.2) is 0 Å². The fraction of sp³-hybridized carbons (Fsp3) is 0.727. The zero-order chi connectivity index (χ0) is 13.7. The first-order chi connectivity index (χ1) is 9.22. The van der Waals surface area contributed by atoms with E-state index in [1.165, 1.54) is 0 Å². The van der Waals surface area contributed by atoms with Crippen LogP contribution in [0.3, 0.4) is 0 Å². The van der Waals surface area contributed by atoms with E-state index >= 15 is 0 Å². The Morgan fingerprint density at radius 1 is 1.37 bits per heavy atom. The molecule has 0 radical (unpaired) electrons. The van der Waals surface area contributed by atoms with E-state index in [4.69, 9.17) is 4.74 Å². The molecule has 1 amide bonds. The van der Waals surface area contributed by atoms with Crippen LogP contribution >= 0.6 is 11.3 Å². The third kappa shape index (κ3) is 3.77. The van der Waals surface area contributed by atoms with E-state index in [-0.39, 0.29) is 6.09 Å². The van der Waals surface area contributed by atoms with Crippen LogP contribution in [-0.4, -0.2) is 65.9 Å². The van der Waals surface area contributed by atoms with Crippen LogP contribution in [0, 0.1) is 0 Å². The van der Waals surface area contributed by atoms with E-state index in [0.29, 0.717) is 19.7 Å². The van der Waals surface area contributed by atoms with Crippen molar-refractivity contribution in [1.29, 1.82) is 0 Å². The van der Waals surface area contributed by atoms with Crippen LogP contribution in [-0.2, 0) is 11.3 Å². The van der Waals surface area contributed by atoms with Crippen molar-refractivity contribution >= 4 is 22.6 Å². The highest BCUT2D eigenvalue weighted by atomic mass is 32.1. The molecular formula is C11H19N5O2S. The number of nitrogens with one attached hydrogen (secondary N) is 1. The Labute approximate surface area is 116 Å². The molecule has 1 aliphatic rings. The number of piperazine rings is 1. The summed E-state index contributed by atoms with van der Waals surface area (Å²) < 4.78 is 4.99. The summed E-state index contributed by atoms with van der Waals surface area (Å²) in [6.45, 7) is 6.13. The first-order valence-electron chi connectivity index (χ1n) is 6.37. The molecule has 1 aromatic heterocycles. The first-order valence-corrected chi connectivity index (χ1v) is 7.18. The number of ether oxygens (including phenoxy) is 1. The second-order valence-corrected chi connectivity index (χ2v) is 5.28. The van der Waals surface area contributed by atoms with Crippen LogP contribution in [0.25, 0.3) is 0 Å². The van der Waals surface area contributed by atoms with Crippen molar-refractivity contribution in [1.82, 2.24) is 20.0 Å². The van der Waals surface area contributed by atoms with Crippen molar-refractivity contribution in [2.45, 2.75) is 13.5 Å². The van der Waals surface area contributed by atoms with Crippen molar-refractivity contribution in [2.75, 3.05) is 45.2 Å². The van der Waals surface area contributed by atoms with Gasteiger partial charge in [-0.05, 0) is 6.92 Å². The molecule has 2 rings (SSSR count). The van der Waals surface area contributed by atoms with Gasteiger partial charge in [-0.2, -0.15) is 0 Å². The van der Waals surface area contributed by atoms with Crippen molar-refractivity contribution in [2.24, 2.45) is 0 Å². The summed E-state index contributed by atoms with van der Waals surface area (Å²) in [6.07, 6.45) is -0.212. The topological polar surface area (TPSA) is 70.6 Å². The summed E-state index contributed by atoms with van der Waals surface area (Å²) >= 11 is 1.56. The minimum atomic E-state index is -0.212. The number of nitrogens with zero attached hydrogens (tertiary/aromatic N) is 4. The van der Waals surface area contributed by atoms with Gasteiger partial charge in [0, 0.05) is 33.2 Å². The lowest BCUT2D eigenvalue weighted by Crippen LogP contribution is -2.48. The van der Waals surface area contributed by atoms with E-state index in [1.54, 1.807) is 16.2 Å². The summed E-state index contributed by atoms with van der Waals surface area (Å²) in [6, 6.07) is 0. The Kier molecular flexibility index (Phi) is 4.92. The van der Waals surface area contributed by atoms with E-state index < -0.39 is 0 Å². The maximum absolute atomic E-state index is 11.6. The van der Waals surface area contributed by atoms with E-state index in [1.807, 2.05) is 14.0 Å². The zero-order valence-electron chi connectivity index (χ0n) is 11.3. The van der Waals surface area contributed by atoms with Crippen molar-refractivity contribution < 1.29 is 9.53 Å². The first kappa shape index (κ1) is 14.0. The van der Waals surface area contributed by atoms with Gasteiger partial charge in [-0.3, -0.25) is 4.90 Å². The predicted octanol–water partition coefficient (Wildman–Crippen LogP) is 0.854. The normalized spacial score (nSPS) is 16.4. The van der Waals surface area contributed by atoms with Gasteiger partial charge < -0.3 is 15.0 Å². The molecule has 0 aliphatic carbocycles. The van der Waals surface area contributed by atoms with Gasteiger partial charge in [-0.1, -0.05) is 11.3 Å². The Bertz CT molecular complexity index is 417. The predicted molar refractivity (Wildman–Crippen MR) is 73.3 cm³/mol. The summed E-state index contributed by atoms with van der Waals surface area (Å²) in [4.78, 5) is 15.6. The monoisotopic (exact) mass is 285 g/mol. The highest BCUT2D eigenvalue weighted by Gasteiger charge is 2.22. The van der Waals surface area contributed by atoms with Gasteiger partial charge in [0.25, 0.3) is 0 Å². The Morgan fingerprint density at radius 3 is 2.68 bits per heavy atom. The number of carbonyl (C=O) groups excluding carboxylic acids is 1. The number of hydrogen-bond acceptors (Lipinski definition) is 7. The van der Waals surface area contributed by atoms with Crippen molar-refractivity contribution in [3.63, 3.8) is 0 Å². The SMILES string of the molecule is CCOC(=O)N1CCN(Cc2nnc(NC)s2)CC1. The molecule has 0 aromatic carbocycles. The number of amides is 1. The lowest BCUT2D eigenvalue weighted by atomic mass is 10.3. The molecule has 1 saturated heterocycles. The quantitative estimate of drug-likeness (QED) is 0.884. The molecule has 1 aliphatic heterocycles.